The highest BCUT2D eigenvalue weighted by Gasteiger charge is 2.34. The first kappa shape index (κ1) is 25.8. The molecule has 3 rings (SSSR count). The minimum absolute atomic E-state index is 0. The second-order valence-corrected chi connectivity index (χ2v) is 7.40. The summed E-state index contributed by atoms with van der Waals surface area (Å²) in [5.74, 6) is -2.64. The molecular formula is C22H26ClN5O5. The Hall–Kier alpha value is -3.50. The molecule has 1 aliphatic rings. The topological polar surface area (TPSA) is 144 Å². The number of nitrogens with one attached hydrogen (secondary N) is 2. The zero-order valence-corrected chi connectivity index (χ0v) is 18.8. The molecule has 4 amide bonds. The van der Waals surface area contributed by atoms with Gasteiger partial charge in [0.25, 0.3) is 5.91 Å². The zero-order valence-electron chi connectivity index (χ0n) is 18.0. The lowest BCUT2D eigenvalue weighted by Crippen LogP contribution is -2.62. The molecule has 0 spiro atoms. The average Bonchev–Trinajstić information content (AvgIpc) is 2.80. The van der Waals surface area contributed by atoms with Gasteiger partial charge in [0.1, 0.15) is 6.61 Å². The summed E-state index contributed by atoms with van der Waals surface area (Å²) in [6.07, 6.45) is 3.73. The fourth-order valence-corrected chi connectivity index (χ4v) is 3.56. The summed E-state index contributed by atoms with van der Waals surface area (Å²) < 4.78 is 4.90. The summed E-state index contributed by atoms with van der Waals surface area (Å²) in [7, 11) is 1.42. The minimum Gasteiger partial charge on any atom is -0.375 e. The van der Waals surface area contributed by atoms with Crippen LogP contribution in [0.2, 0.25) is 0 Å². The van der Waals surface area contributed by atoms with Crippen LogP contribution in [-0.2, 0) is 19.1 Å². The second kappa shape index (κ2) is 11.9. The van der Waals surface area contributed by atoms with Crippen molar-refractivity contribution in [2.75, 3.05) is 26.8 Å². The number of carbonyl (C=O) groups is 4. The van der Waals surface area contributed by atoms with E-state index in [9.17, 15) is 19.2 Å². The van der Waals surface area contributed by atoms with Crippen LogP contribution in [0.1, 0.15) is 16.8 Å². The maximum absolute atomic E-state index is 12.9. The lowest BCUT2D eigenvalue weighted by atomic mass is 9.98. The van der Waals surface area contributed by atoms with Crippen molar-refractivity contribution in [3.8, 4) is 11.1 Å². The van der Waals surface area contributed by atoms with Gasteiger partial charge in [-0.1, -0.05) is 12.1 Å². The van der Waals surface area contributed by atoms with Crippen molar-refractivity contribution in [1.29, 1.82) is 0 Å². The fourth-order valence-electron chi connectivity index (χ4n) is 3.56. The van der Waals surface area contributed by atoms with Crippen molar-refractivity contribution in [2.24, 2.45) is 5.73 Å². The first-order chi connectivity index (χ1) is 15.4. The summed E-state index contributed by atoms with van der Waals surface area (Å²) >= 11 is 0. The third kappa shape index (κ3) is 6.74. The van der Waals surface area contributed by atoms with Crippen molar-refractivity contribution < 1.29 is 23.9 Å². The molecule has 4 N–H and O–H groups in total. The molecule has 1 fully saturated rings. The largest absolute Gasteiger partial charge is 0.375 e. The van der Waals surface area contributed by atoms with Gasteiger partial charge in [0.2, 0.25) is 5.91 Å². The third-order valence-electron chi connectivity index (χ3n) is 5.25. The number of rotatable bonds is 6. The van der Waals surface area contributed by atoms with Gasteiger partial charge in [-0.25, -0.2) is 0 Å². The van der Waals surface area contributed by atoms with Crippen molar-refractivity contribution in [1.82, 2.24) is 20.5 Å². The number of halogens is 1. The summed E-state index contributed by atoms with van der Waals surface area (Å²) in [6, 6.07) is 9.61. The number of carbonyl (C=O) groups excluding carboxylic acids is 4. The van der Waals surface area contributed by atoms with Crippen LogP contribution >= 0.6 is 12.4 Å². The number of piperidine rings is 1. The van der Waals surface area contributed by atoms with E-state index in [0.717, 1.165) is 11.1 Å². The molecule has 33 heavy (non-hydrogen) atoms. The summed E-state index contributed by atoms with van der Waals surface area (Å²) in [5, 5.41) is 5.41. The maximum Gasteiger partial charge on any atom is 0.309 e. The molecule has 0 radical (unpaired) electrons. The highest BCUT2D eigenvalue weighted by Crippen LogP contribution is 2.19. The van der Waals surface area contributed by atoms with Crippen LogP contribution in [0.25, 0.3) is 11.1 Å². The number of benzene rings is 1. The summed E-state index contributed by atoms with van der Waals surface area (Å²) in [4.78, 5) is 53.6. The van der Waals surface area contributed by atoms with E-state index in [1.165, 1.54) is 7.11 Å². The molecule has 2 aromatic rings. The smallest absolute Gasteiger partial charge is 0.309 e. The molecular weight excluding hydrogens is 450 g/mol. The van der Waals surface area contributed by atoms with Crippen molar-refractivity contribution in [3.05, 3.63) is 54.4 Å². The predicted octanol–water partition coefficient (Wildman–Crippen LogP) is 0.118. The Labute approximate surface area is 197 Å². The van der Waals surface area contributed by atoms with E-state index in [-0.39, 0.29) is 37.4 Å². The molecule has 1 saturated heterocycles. The van der Waals surface area contributed by atoms with E-state index in [0.29, 0.717) is 18.5 Å². The number of nitrogens with zero attached hydrogens (tertiary/aromatic N) is 2. The lowest BCUT2D eigenvalue weighted by Gasteiger charge is -2.39. The molecule has 176 valence electrons. The zero-order chi connectivity index (χ0) is 23.1. The Morgan fingerprint density at radius 2 is 1.67 bits per heavy atom. The quantitative estimate of drug-likeness (QED) is 0.506. The minimum atomic E-state index is -1.11. The van der Waals surface area contributed by atoms with E-state index in [4.69, 9.17) is 10.5 Å². The Morgan fingerprint density at radius 1 is 1.03 bits per heavy atom. The summed E-state index contributed by atoms with van der Waals surface area (Å²) in [5.41, 5.74) is 7.37. The van der Waals surface area contributed by atoms with Crippen LogP contribution < -0.4 is 16.4 Å². The van der Waals surface area contributed by atoms with E-state index in [2.05, 4.69) is 15.6 Å². The van der Waals surface area contributed by atoms with E-state index in [1.807, 2.05) is 24.3 Å². The number of primary amides is 1. The van der Waals surface area contributed by atoms with Gasteiger partial charge in [0, 0.05) is 38.2 Å². The molecule has 1 aliphatic heterocycles. The van der Waals surface area contributed by atoms with Crippen molar-refractivity contribution in [3.63, 3.8) is 0 Å². The molecule has 0 bridgehead atoms. The van der Waals surface area contributed by atoms with E-state index < -0.39 is 23.9 Å². The molecule has 2 atom stereocenters. The van der Waals surface area contributed by atoms with Gasteiger partial charge < -0.3 is 26.0 Å². The SMILES string of the molecule is COCC(=O)N1CC[C@H](NC(=O)C(N)=O)[C@H](NC(=O)c2ccc(-c3ccncc3)cc2)C1.Cl. The number of pyridine rings is 1. The Bertz CT molecular complexity index is 986. The van der Waals surface area contributed by atoms with Gasteiger partial charge in [-0.15, -0.1) is 12.4 Å². The number of hydrogen-bond acceptors (Lipinski definition) is 6. The maximum atomic E-state index is 12.9. The van der Waals surface area contributed by atoms with Gasteiger partial charge >= 0.3 is 11.8 Å². The van der Waals surface area contributed by atoms with Gasteiger partial charge in [-0.2, -0.15) is 0 Å². The number of methoxy groups -OCH3 is 1. The molecule has 0 saturated carbocycles. The van der Waals surface area contributed by atoms with Crippen LogP contribution in [0.15, 0.2) is 48.8 Å². The number of likely N-dealkylation sites (tertiary alicyclic amines) is 1. The Morgan fingerprint density at radius 3 is 2.27 bits per heavy atom. The number of nitrogens with two attached hydrogens (primary N) is 1. The van der Waals surface area contributed by atoms with Crippen LogP contribution in [0.4, 0.5) is 0 Å². The van der Waals surface area contributed by atoms with Gasteiger partial charge in [0.15, 0.2) is 0 Å². The van der Waals surface area contributed by atoms with Gasteiger partial charge in [-0.3, -0.25) is 24.2 Å². The fraction of sp³-hybridized carbons (Fsp3) is 0.318. The average molecular weight is 476 g/mol. The molecule has 0 aliphatic carbocycles. The number of amides is 4. The second-order valence-electron chi connectivity index (χ2n) is 7.40. The van der Waals surface area contributed by atoms with E-state index >= 15 is 0 Å². The van der Waals surface area contributed by atoms with Crippen molar-refractivity contribution >= 4 is 36.0 Å². The number of aromatic nitrogens is 1. The molecule has 2 heterocycles. The van der Waals surface area contributed by atoms with Crippen LogP contribution in [-0.4, -0.2) is 72.4 Å². The lowest BCUT2D eigenvalue weighted by molar-refractivity contribution is -0.139. The highest BCUT2D eigenvalue weighted by molar-refractivity contribution is 6.34. The first-order valence-corrected chi connectivity index (χ1v) is 10.1. The monoisotopic (exact) mass is 475 g/mol. The van der Waals surface area contributed by atoms with Crippen LogP contribution in [0.3, 0.4) is 0 Å². The van der Waals surface area contributed by atoms with Gasteiger partial charge in [0.05, 0.1) is 12.1 Å². The van der Waals surface area contributed by atoms with E-state index in [1.54, 1.807) is 29.4 Å². The molecule has 11 heteroatoms. The number of ether oxygens (including phenoxy) is 1. The molecule has 1 aromatic carbocycles. The molecule has 10 nitrogen and oxygen atoms in total. The van der Waals surface area contributed by atoms with Crippen molar-refractivity contribution in [2.45, 2.75) is 18.5 Å². The Balaban J connectivity index is 0.00000385. The predicted molar refractivity (Wildman–Crippen MR) is 122 cm³/mol. The molecule has 0 unspecified atom stereocenters. The highest BCUT2D eigenvalue weighted by atomic mass is 35.5. The third-order valence-corrected chi connectivity index (χ3v) is 5.25. The first-order valence-electron chi connectivity index (χ1n) is 10.1. The number of hydrogen-bond donors (Lipinski definition) is 3. The summed E-state index contributed by atoms with van der Waals surface area (Å²) in [6.45, 7) is 0.418. The van der Waals surface area contributed by atoms with Crippen LogP contribution in [0.5, 0.6) is 0 Å². The van der Waals surface area contributed by atoms with Gasteiger partial charge in [-0.05, 0) is 41.8 Å². The normalized spacial score (nSPS) is 17.4. The van der Waals surface area contributed by atoms with Crippen LogP contribution in [0, 0.1) is 0 Å². The standard InChI is InChI=1S/C22H25N5O5.ClH/c1-32-13-19(28)27-11-8-17(25-22(31)20(23)29)18(12-27)26-21(30)16-4-2-14(3-5-16)15-6-9-24-10-7-15;/h2-7,9-10,17-18H,8,11-13H2,1H3,(H2,23,29)(H,25,31)(H,26,30);1H/t17-,18+;/m0./s1. The Kier molecular flexibility index (Phi) is 9.31. The molecule has 1 aromatic heterocycles.